The van der Waals surface area contributed by atoms with Crippen LogP contribution in [0.1, 0.15) is 160 Å². The highest BCUT2D eigenvalue weighted by atomic mass is 16.3. The summed E-state index contributed by atoms with van der Waals surface area (Å²) in [4.78, 5) is 51.2. The Morgan fingerprint density at radius 1 is 0.444 bits per heavy atom. The highest BCUT2D eigenvalue weighted by Crippen LogP contribution is 2.40. The Bertz CT molecular complexity index is 5160. The molecule has 16 nitrogen and oxygen atoms in total. The zero-order valence-electron chi connectivity index (χ0n) is 66.5. The van der Waals surface area contributed by atoms with E-state index in [-0.39, 0.29) is 23.0 Å². The molecule has 16 heteroatoms. The van der Waals surface area contributed by atoms with Crippen LogP contribution >= 0.6 is 0 Å². The number of Topliss-reactive ketones (excluding diaryl/α,β-unsaturated/α-hetero) is 2. The zero-order chi connectivity index (χ0) is 76.3. The largest absolute Gasteiger partial charge is 0.384 e. The van der Waals surface area contributed by atoms with E-state index in [0.29, 0.717) is 37.6 Å². The van der Waals surface area contributed by atoms with Gasteiger partial charge in [0, 0.05) is 262 Å². The first-order valence-corrected chi connectivity index (χ1v) is 39.0. The van der Waals surface area contributed by atoms with Crippen molar-refractivity contribution in [2.75, 3.05) is 60.9 Å². The second-order valence-corrected chi connectivity index (χ2v) is 33.1. The van der Waals surface area contributed by atoms with Crippen molar-refractivity contribution < 1.29 is 14.7 Å². The SMILES string of the molecule is CC(=O)CC(Cn1c2c(c3cc(C)ccc31)CN(C)CC2)c1ccncc1.Cc1cc2c3c(n(CC(C)(O)c4cccnc4)c2cc1C)CCN(C)C3.Cc1ccc2c(c1)c1c(n2CC(CC(=O)C(C)(C)C)c2ccncc2)CCN(C)C1.Cc1ccc2c(c1)c1c(n2CC(CN)c2ccncc2)CCN(C)C1. The van der Waals surface area contributed by atoms with E-state index in [0.717, 1.165) is 103 Å². The maximum Gasteiger partial charge on any atom is 0.138 e. The van der Waals surface area contributed by atoms with Crippen molar-refractivity contribution in [1.29, 1.82) is 0 Å². The summed E-state index contributed by atoms with van der Waals surface area (Å²) in [6.07, 6.45) is 19.9. The summed E-state index contributed by atoms with van der Waals surface area (Å²) in [7, 11) is 8.78. The van der Waals surface area contributed by atoms with Crippen LogP contribution < -0.4 is 5.73 Å². The molecule has 4 atom stereocenters. The Hall–Kier alpha value is -9.26. The quantitative estimate of drug-likeness (QED) is 0.0888. The van der Waals surface area contributed by atoms with Gasteiger partial charge >= 0.3 is 0 Å². The summed E-state index contributed by atoms with van der Waals surface area (Å²) in [5.74, 6) is 1.16. The standard InChI is InChI=1S/C26H33N3O.C23H27N3O.C22H27N3O.C21H26N4/c1-18-6-7-23-21(14-18)22-17-28(5)13-10-24(22)29(23)16-20(15-25(30)26(2,3)4)19-8-11-27-12-9-19;1-16-4-5-22-20(12-16)21-15-25(3)11-8-23(21)26(22)14-19(13-17(2)27)18-6-9-24-10-7-18;1-15-10-18-19-13-24(4)9-7-20(19)25(21(18)11-16(15)2)14-22(3,26)17-6-5-8-23-12-17;1-15-3-4-20-18(11-15)19-14-24(2)10-7-21(19)25(20)13-17(12-22)16-5-8-23-9-6-16/h6-9,11-12,14,20H,10,13,15-17H2,1-5H3;4-7,9-10,12,19H,8,11,13-15H2,1-3H3;5-6,8,10-12,26H,7,9,13-14H2,1-4H3;3-6,8-9,11,17H,7,10,12-14,22H2,1-2H3. The third-order valence-corrected chi connectivity index (χ3v) is 23.4. The second-order valence-electron chi connectivity index (χ2n) is 33.1. The predicted octanol–water partition coefficient (Wildman–Crippen LogP) is 15.8. The van der Waals surface area contributed by atoms with E-state index in [1.165, 1.54) is 133 Å². The molecule has 4 unspecified atom stereocenters. The van der Waals surface area contributed by atoms with Crippen LogP contribution in [0.2, 0.25) is 0 Å². The molecule has 4 aromatic carbocycles. The number of aryl methyl sites for hydroxylation is 5. The lowest BCUT2D eigenvalue weighted by molar-refractivity contribution is -0.126. The van der Waals surface area contributed by atoms with Gasteiger partial charge in [0.1, 0.15) is 17.2 Å². The smallest absolute Gasteiger partial charge is 0.138 e. The normalized spacial score (nSPS) is 16.2. The number of nitrogens with two attached hydrogens (primary N) is 1. The Kier molecular flexibility index (Phi) is 23.4. The van der Waals surface area contributed by atoms with Crippen molar-refractivity contribution in [3.8, 4) is 0 Å². The Morgan fingerprint density at radius 3 is 1.18 bits per heavy atom. The van der Waals surface area contributed by atoms with Gasteiger partial charge in [-0.2, -0.15) is 0 Å². The number of carbonyl (C=O) groups excluding carboxylic acids is 2. The fourth-order valence-corrected chi connectivity index (χ4v) is 17.2. The number of aliphatic hydroxyl groups is 1. The van der Waals surface area contributed by atoms with Gasteiger partial charge in [0.15, 0.2) is 0 Å². The van der Waals surface area contributed by atoms with Crippen molar-refractivity contribution >= 4 is 55.2 Å². The molecule has 0 aliphatic carbocycles. The average molecular weight is 1450 g/mol. The van der Waals surface area contributed by atoms with Gasteiger partial charge in [-0.25, -0.2) is 0 Å². The number of fused-ring (bicyclic) bond motifs is 12. The number of benzene rings is 4. The first kappa shape index (κ1) is 76.9. The minimum atomic E-state index is -0.962. The van der Waals surface area contributed by atoms with E-state index in [4.69, 9.17) is 5.73 Å². The van der Waals surface area contributed by atoms with Crippen molar-refractivity contribution in [3.63, 3.8) is 0 Å². The van der Waals surface area contributed by atoms with Gasteiger partial charge in [-0.1, -0.05) is 61.7 Å². The third kappa shape index (κ3) is 16.9. The molecule has 0 saturated carbocycles. The zero-order valence-corrected chi connectivity index (χ0v) is 66.5. The van der Waals surface area contributed by atoms with E-state index in [1.54, 1.807) is 19.3 Å². The van der Waals surface area contributed by atoms with Crippen LogP contribution in [0.25, 0.3) is 43.6 Å². The molecule has 564 valence electrons. The van der Waals surface area contributed by atoms with Gasteiger partial charge in [0.2, 0.25) is 0 Å². The molecule has 8 aromatic heterocycles. The van der Waals surface area contributed by atoms with Gasteiger partial charge in [-0.3, -0.25) is 24.7 Å². The molecular weight excluding hydrogens is 1340 g/mol. The summed E-state index contributed by atoms with van der Waals surface area (Å²) in [6.45, 7) is 32.5. The third-order valence-electron chi connectivity index (χ3n) is 23.4. The van der Waals surface area contributed by atoms with Crippen LogP contribution in [0.3, 0.4) is 0 Å². The molecule has 0 spiro atoms. The number of likely N-dealkylation sites (N-methyl/N-ethyl adjacent to an activating group) is 4. The molecular formula is C92H113N13O3. The summed E-state index contributed by atoms with van der Waals surface area (Å²) >= 11 is 0. The lowest BCUT2D eigenvalue weighted by Crippen LogP contribution is -2.31. The number of hydrogen-bond donors (Lipinski definition) is 2. The Labute approximate surface area is 639 Å². The van der Waals surface area contributed by atoms with Crippen LogP contribution in [0.5, 0.6) is 0 Å². The summed E-state index contributed by atoms with van der Waals surface area (Å²) in [5, 5.41) is 16.7. The van der Waals surface area contributed by atoms with Crippen molar-refractivity contribution in [2.45, 2.75) is 183 Å². The van der Waals surface area contributed by atoms with Crippen molar-refractivity contribution in [1.82, 2.24) is 57.8 Å². The number of ketones is 2. The molecule has 0 amide bonds. The first-order valence-electron chi connectivity index (χ1n) is 39.0. The number of hydrogen-bond acceptors (Lipinski definition) is 12. The molecule has 4 aliphatic heterocycles. The van der Waals surface area contributed by atoms with Gasteiger partial charge in [0.25, 0.3) is 0 Å². The molecule has 0 bridgehead atoms. The monoisotopic (exact) mass is 1450 g/mol. The number of aromatic nitrogens is 8. The minimum absolute atomic E-state index is 0.139. The van der Waals surface area contributed by atoms with Crippen LogP contribution in [0.15, 0.2) is 165 Å². The van der Waals surface area contributed by atoms with Crippen LogP contribution in [-0.4, -0.2) is 135 Å². The molecule has 3 N–H and O–H groups in total. The van der Waals surface area contributed by atoms with Gasteiger partial charge in [-0.05, 0) is 218 Å². The van der Waals surface area contributed by atoms with E-state index < -0.39 is 5.60 Å². The average Bonchev–Trinajstić information content (AvgIpc) is 1.63. The molecule has 108 heavy (non-hydrogen) atoms. The summed E-state index contributed by atoms with van der Waals surface area (Å²) in [5.41, 5.74) is 32.6. The van der Waals surface area contributed by atoms with Gasteiger partial charge in [-0.15, -0.1) is 0 Å². The molecule has 0 fully saturated rings. The molecule has 0 radical (unpaired) electrons. The van der Waals surface area contributed by atoms with Crippen molar-refractivity contribution in [2.24, 2.45) is 11.1 Å². The minimum Gasteiger partial charge on any atom is -0.384 e. The maximum atomic E-state index is 13.0. The van der Waals surface area contributed by atoms with Gasteiger partial charge < -0.3 is 53.5 Å². The topological polar surface area (TPSA) is 165 Å². The van der Waals surface area contributed by atoms with E-state index >= 15 is 0 Å². The van der Waals surface area contributed by atoms with Crippen LogP contribution in [0, 0.1) is 40.0 Å². The number of pyridine rings is 4. The summed E-state index contributed by atoms with van der Waals surface area (Å²) < 4.78 is 9.84. The lowest BCUT2D eigenvalue weighted by Gasteiger charge is -2.28. The highest BCUT2D eigenvalue weighted by molar-refractivity contribution is 5.90. The van der Waals surface area contributed by atoms with Crippen LogP contribution in [0.4, 0.5) is 0 Å². The number of nitrogens with zero attached hydrogens (tertiary/aromatic N) is 12. The van der Waals surface area contributed by atoms with Gasteiger partial charge in [0.05, 0.1) is 6.54 Å². The molecule has 12 heterocycles. The Morgan fingerprint density at radius 2 is 0.806 bits per heavy atom. The maximum absolute atomic E-state index is 13.0. The summed E-state index contributed by atoms with van der Waals surface area (Å²) in [6, 6.07) is 41.2. The highest BCUT2D eigenvalue weighted by Gasteiger charge is 2.33. The molecule has 0 saturated heterocycles. The predicted molar refractivity (Wildman–Crippen MR) is 440 cm³/mol. The lowest BCUT2D eigenvalue weighted by atomic mass is 9.83. The Balaban J connectivity index is 0.000000127. The van der Waals surface area contributed by atoms with Crippen molar-refractivity contribution in [3.05, 3.63) is 260 Å². The van der Waals surface area contributed by atoms with E-state index in [1.807, 2.05) is 89.1 Å². The number of rotatable bonds is 17. The second kappa shape index (κ2) is 32.9. The fraction of sp³-hybridized carbons (Fsp3) is 0.413. The molecule has 4 aliphatic rings. The number of carbonyl (C=O) groups is 2. The van der Waals surface area contributed by atoms with E-state index in [9.17, 15) is 14.7 Å². The first-order chi connectivity index (χ1) is 51.8. The fourth-order valence-electron chi connectivity index (χ4n) is 17.2. The molecule has 12 aromatic rings. The van der Waals surface area contributed by atoms with E-state index in [2.05, 4.69) is 212 Å². The molecule has 16 rings (SSSR count). The van der Waals surface area contributed by atoms with Crippen LogP contribution in [-0.2, 0) is 93.2 Å².